The molecule has 1 fully saturated rings. The first-order valence-corrected chi connectivity index (χ1v) is 6.69. The zero-order chi connectivity index (χ0) is 14.1. The third-order valence-corrected chi connectivity index (χ3v) is 3.71. The van der Waals surface area contributed by atoms with Crippen molar-refractivity contribution < 1.29 is 9.53 Å². The van der Waals surface area contributed by atoms with E-state index < -0.39 is 0 Å². The Hall–Kier alpha value is -2.14. The lowest BCUT2D eigenvalue weighted by Crippen LogP contribution is -2.41. The Labute approximate surface area is 117 Å². The minimum absolute atomic E-state index is 0.0536. The summed E-state index contributed by atoms with van der Waals surface area (Å²) in [5.41, 5.74) is 8.28. The molecule has 2 N–H and O–H groups in total. The molecule has 0 atom stereocenters. The number of hydrogen-bond donors (Lipinski definition) is 1. The number of aromatic nitrogens is 1. The van der Waals surface area contributed by atoms with E-state index in [2.05, 4.69) is 4.98 Å². The number of ether oxygens (including phenoxy) is 1. The summed E-state index contributed by atoms with van der Waals surface area (Å²) in [4.78, 5) is 18.6. The zero-order valence-electron chi connectivity index (χ0n) is 11.4. The smallest absolute Gasteiger partial charge is 0.273 e. The summed E-state index contributed by atoms with van der Waals surface area (Å²) in [7, 11) is 0. The van der Waals surface area contributed by atoms with Crippen LogP contribution in [0.3, 0.4) is 0 Å². The van der Waals surface area contributed by atoms with Crippen LogP contribution in [-0.2, 0) is 4.74 Å². The number of carbonyl (C=O) groups excluding carboxylic acids is 1. The molecule has 5 heteroatoms. The van der Waals surface area contributed by atoms with Gasteiger partial charge in [0.05, 0.1) is 13.2 Å². The molecule has 5 nitrogen and oxygen atoms in total. The summed E-state index contributed by atoms with van der Waals surface area (Å²) in [6.07, 6.45) is 1.64. The molecule has 0 bridgehead atoms. The van der Waals surface area contributed by atoms with Crippen LogP contribution in [0.25, 0.3) is 10.8 Å². The van der Waals surface area contributed by atoms with Crippen LogP contribution in [0.2, 0.25) is 0 Å². The van der Waals surface area contributed by atoms with E-state index in [1.165, 1.54) is 0 Å². The predicted molar refractivity (Wildman–Crippen MR) is 77.6 cm³/mol. The van der Waals surface area contributed by atoms with Gasteiger partial charge in [0.15, 0.2) is 0 Å². The standard InChI is InChI=1S/C15H17N3O2/c1-10-2-3-12-11(13(10)16)4-5-17-14(12)15(19)18-6-8-20-9-7-18/h2-5H,6-9,16H2,1H3. The van der Waals surface area contributed by atoms with Crippen LogP contribution >= 0.6 is 0 Å². The van der Waals surface area contributed by atoms with Crippen molar-refractivity contribution in [3.05, 3.63) is 35.7 Å². The number of carbonyl (C=O) groups is 1. The second kappa shape index (κ2) is 5.09. The highest BCUT2D eigenvalue weighted by atomic mass is 16.5. The molecule has 0 saturated carbocycles. The second-order valence-electron chi connectivity index (χ2n) is 4.96. The number of amides is 1. The van der Waals surface area contributed by atoms with Gasteiger partial charge in [-0.2, -0.15) is 0 Å². The molecule has 2 heterocycles. The number of nitrogens with zero attached hydrogens (tertiary/aromatic N) is 2. The molecule has 104 valence electrons. The number of anilines is 1. The highest BCUT2D eigenvalue weighted by molar-refractivity contribution is 6.08. The van der Waals surface area contributed by atoms with Crippen molar-refractivity contribution in [1.82, 2.24) is 9.88 Å². The fraction of sp³-hybridized carbons (Fsp3) is 0.333. The number of hydrogen-bond acceptors (Lipinski definition) is 4. The van der Waals surface area contributed by atoms with Crippen LogP contribution in [0.1, 0.15) is 16.1 Å². The van der Waals surface area contributed by atoms with E-state index in [-0.39, 0.29) is 5.91 Å². The first-order chi connectivity index (χ1) is 9.68. The minimum atomic E-state index is -0.0536. The van der Waals surface area contributed by atoms with Crippen molar-refractivity contribution in [2.45, 2.75) is 6.92 Å². The Balaban J connectivity index is 2.07. The number of nitrogen functional groups attached to an aromatic ring is 1. The summed E-state index contributed by atoms with van der Waals surface area (Å²) >= 11 is 0. The molecule has 2 aromatic rings. The Morgan fingerprint density at radius 1 is 1.25 bits per heavy atom. The number of morpholine rings is 1. The van der Waals surface area contributed by atoms with Crippen molar-refractivity contribution in [3.63, 3.8) is 0 Å². The van der Waals surface area contributed by atoms with Crippen LogP contribution in [0.15, 0.2) is 24.4 Å². The molecule has 1 aliphatic heterocycles. The van der Waals surface area contributed by atoms with Gasteiger partial charge in [0.25, 0.3) is 5.91 Å². The van der Waals surface area contributed by atoms with Crippen molar-refractivity contribution in [2.75, 3.05) is 32.0 Å². The van der Waals surface area contributed by atoms with Gasteiger partial charge < -0.3 is 15.4 Å². The van der Waals surface area contributed by atoms with Crippen molar-refractivity contribution in [2.24, 2.45) is 0 Å². The van der Waals surface area contributed by atoms with Gasteiger partial charge in [0, 0.05) is 35.7 Å². The van der Waals surface area contributed by atoms with Crippen LogP contribution in [0, 0.1) is 6.92 Å². The lowest BCUT2D eigenvalue weighted by Gasteiger charge is -2.26. The third kappa shape index (κ3) is 2.10. The summed E-state index contributed by atoms with van der Waals surface area (Å²) in [5.74, 6) is -0.0536. The topological polar surface area (TPSA) is 68.5 Å². The van der Waals surface area contributed by atoms with Crippen LogP contribution in [0.5, 0.6) is 0 Å². The normalized spacial score (nSPS) is 15.6. The molecule has 1 aliphatic rings. The van der Waals surface area contributed by atoms with Gasteiger partial charge in [-0.15, -0.1) is 0 Å². The molecule has 0 spiro atoms. The number of aryl methyl sites for hydroxylation is 1. The number of rotatable bonds is 1. The molecule has 3 rings (SSSR count). The van der Waals surface area contributed by atoms with E-state index in [1.807, 2.05) is 25.1 Å². The lowest BCUT2D eigenvalue weighted by atomic mass is 10.0. The van der Waals surface area contributed by atoms with E-state index in [0.717, 1.165) is 16.3 Å². The van der Waals surface area contributed by atoms with Gasteiger partial charge in [-0.05, 0) is 18.6 Å². The molecule has 1 amide bonds. The summed E-state index contributed by atoms with van der Waals surface area (Å²) in [6.45, 7) is 4.34. The summed E-state index contributed by atoms with van der Waals surface area (Å²) < 4.78 is 5.27. The fourth-order valence-electron chi connectivity index (χ4n) is 2.47. The summed E-state index contributed by atoms with van der Waals surface area (Å²) in [5, 5.41) is 1.70. The third-order valence-electron chi connectivity index (χ3n) is 3.71. The highest BCUT2D eigenvalue weighted by Gasteiger charge is 2.21. The van der Waals surface area contributed by atoms with E-state index in [1.54, 1.807) is 11.1 Å². The van der Waals surface area contributed by atoms with Gasteiger partial charge in [-0.25, -0.2) is 0 Å². The maximum atomic E-state index is 12.6. The molecule has 0 aliphatic carbocycles. The molecule has 1 aromatic carbocycles. The molecular formula is C15H17N3O2. The maximum absolute atomic E-state index is 12.6. The molecule has 0 unspecified atom stereocenters. The van der Waals surface area contributed by atoms with Gasteiger partial charge in [-0.3, -0.25) is 9.78 Å². The van der Waals surface area contributed by atoms with E-state index in [0.29, 0.717) is 37.7 Å². The SMILES string of the molecule is Cc1ccc2c(C(=O)N3CCOCC3)nccc2c1N. The highest BCUT2D eigenvalue weighted by Crippen LogP contribution is 2.26. The Bertz CT molecular complexity index is 663. The van der Waals surface area contributed by atoms with Gasteiger partial charge >= 0.3 is 0 Å². The monoisotopic (exact) mass is 271 g/mol. The molecular weight excluding hydrogens is 254 g/mol. The Morgan fingerprint density at radius 2 is 2.00 bits per heavy atom. The van der Waals surface area contributed by atoms with Crippen LogP contribution in [0.4, 0.5) is 5.69 Å². The number of fused-ring (bicyclic) bond motifs is 1. The average molecular weight is 271 g/mol. The first kappa shape index (κ1) is 12.9. The molecule has 20 heavy (non-hydrogen) atoms. The van der Waals surface area contributed by atoms with Gasteiger partial charge in [0.2, 0.25) is 0 Å². The van der Waals surface area contributed by atoms with Gasteiger partial charge in [-0.1, -0.05) is 12.1 Å². The van der Waals surface area contributed by atoms with E-state index in [9.17, 15) is 4.79 Å². The number of nitrogens with two attached hydrogens (primary N) is 1. The average Bonchev–Trinajstić information content (AvgIpc) is 2.51. The molecule has 1 aromatic heterocycles. The van der Waals surface area contributed by atoms with Crippen LogP contribution in [-0.4, -0.2) is 42.1 Å². The first-order valence-electron chi connectivity index (χ1n) is 6.69. The largest absolute Gasteiger partial charge is 0.398 e. The summed E-state index contributed by atoms with van der Waals surface area (Å²) in [6, 6.07) is 5.70. The quantitative estimate of drug-likeness (QED) is 0.800. The van der Waals surface area contributed by atoms with Crippen LogP contribution < -0.4 is 5.73 Å². The lowest BCUT2D eigenvalue weighted by molar-refractivity contribution is 0.0300. The maximum Gasteiger partial charge on any atom is 0.273 e. The fourth-order valence-corrected chi connectivity index (χ4v) is 2.47. The zero-order valence-corrected chi connectivity index (χ0v) is 11.4. The minimum Gasteiger partial charge on any atom is -0.398 e. The van der Waals surface area contributed by atoms with Crippen molar-refractivity contribution in [3.8, 4) is 0 Å². The predicted octanol–water partition coefficient (Wildman–Crippen LogP) is 1.60. The van der Waals surface area contributed by atoms with E-state index in [4.69, 9.17) is 10.5 Å². The molecule has 1 saturated heterocycles. The van der Waals surface area contributed by atoms with Gasteiger partial charge in [0.1, 0.15) is 5.69 Å². The second-order valence-corrected chi connectivity index (χ2v) is 4.96. The van der Waals surface area contributed by atoms with E-state index >= 15 is 0 Å². The van der Waals surface area contributed by atoms with Crippen molar-refractivity contribution >= 4 is 22.4 Å². The number of benzene rings is 1. The van der Waals surface area contributed by atoms with Crippen molar-refractivity contribution in [1.29, 1.82) is 0 Å². The Kier molecular flexibility index (Phi) is 3.28. The molecule has 0 radical (unpaired) electrons. The number of pyridine rings is 1. The Morgan fingerprint density at radius 3 is 2.75 bits per heavy atom.